The number of hydrogen-bond donors (Lipinski definition) is 2. The molecule has 2 amide bonds. The van der Waals surface area contributed by atoms with Crippen molar-refractivity contribution in [2.24, 2.45) is 0 Å². The van der Waals surface area contributed by atoms with E-state index in [2.05, 4.69) is 10.6 Å². The lowest BCUT2D eigenvalue weighted by Gasteiger charge is -2.23. The molecule has 2 N–H and O–H groups in total. The number of hydrogen-bond acceptors (Lipinski definition) is 4. The Kier molecular flexibility index (Phi) is 4.71. The first kappa shape index (κ1) is 16.3. The number of amides is 2. The molecule has 124 valence electrons. The molecule has 2 aromatic carbocycles. The lowest BCUT2D eigenvalue weighted by molar-refractivity contribution is -0.122. The Labute approximate surface area is 142 Å². The van der Waals surface area contributed by atoms with Crippen molar-refractivity contribution in [3.63, 3.8) is 0 Å². The van der Waals surface area contributed by atoms with Crippen LogP contribution in [0.25, 0.3) is 0 Å². The Balaban J connectivity index is 1.59. The van der Waals surface area contributed by atoms with E-state index in [1.54, 1.807) is 37.3 Å². The van der Waals surface area contributed by atoms with E-state index in [9.17, 15) is 14.0 Å². The van der Waals surface area contributed by atoms with Gasteiger partial charge in [-0.05, 0) is 49.4 Å². The van der Waals surface area contributed by atoms with Crippen molar-refractivity contribution in [1.82, 2.24) is 0 Å². The third kappa shape index (κ3) is 3.86. The number of fused-ring (bicyclic) bond motifs is 1. The van der Waals surface area contributed by atoms with Crippen molar-refractivity contribution < 1.29 is 18.7 Å². The average molecular weight is 346 g/mol. The molecule has 1 aliphatic heterocycles. The fourth-order valence-electron chi connectivity index (χ4n) is 2.16. The minimum absolute atomic E-state index is 0.194. The lowest BCUT2D eigenvalue weighted by atomic mass is 10.2. The van der Waals surface area contributed by atoms with Crippen LogP contribution in [0.15, 0.2) is 47.4 Å². The number of halogens is 1. The predicted octanol–water partition coefficient (Wildman–Crippen LogP) is 3.28. The highest BCUT2D eigenvalue weighted by Crippen LogP contribution is 2.32. The Morgan fingerprint density at radius 3 is 2.79 bits per heavy atom. The Morgan fingerprint density at radius 1 is 1.29 bits per heavy atom. The van der Waals surface area contributed by atoms with Gasteiger partial charge in [-0.25, -0.2) is 4.39 Å². The van der Waals surface area contributed by atoms with Gasteiger partial charge in [-0.1, -0.05) is 0 Å². The molecule has 1 atom stereocenters. The van der Waals surface area contributed by atoms with Crippen molar-refractivity contribution >= 4 is 35.0 Å². The molecule has 2 aromatic rings. The van der Waals surface area contributed by atoms with E-state index < -0.39 is 6.10 Å². The van der Waals surface area contributed by atoms with Crippen LogP contribution in [0.4, 0.5) is 15.8 Å². The van der Waals surface area contributed by atoms with Gasteiger partial charge in [0.1, 0.15) is 11.6 Å². The van der Waals surface area contributed by atoms with Gasteiger partial charge >= 0.3 is 0 Å². The van der Waals surface area contributed by atoms with Crippen LogP contribution in [0.5, 0.6) is 5.75 Å². The van der Waals surface area contributed by atoms with Crippen LogP contribution in [0.2, 0.25) is 0 Å². The maximum Gasteiger partial charge on any atom is 0.265 e. The summed E-state index contributed by atoms with van der Waals surface area (Å²) in [7, 11) is 0. The normalized spacial score (nSPS) is 15.9. The summed E-state index contributed by atoms with van der Waals surface area (Å²) in [6.07, 6.45) is -0.537. The Morgan fingerprint density at radius 2 is 2.04 bits per heavy atom. The van der Waals surface area contributed by atoms with Gasteiger partial charge < -0.3 is 15.4 Å². The molecule has 0 spiro atoms. The summed E-state index contributed by atoms with van der Waals surface area (Å²) in [5.74, 6) is 0.0403. The number of nitrogens with one attached hydrogen (secondary N) is 2. The summed E-state index contributed by atoms with van der Waals surface area (Å²) in [5, 5.41) is 5.49. The predicted molar refractivity (Wildman–Crippen MR) is 90.9 cm³/mol. The summed E-state index contributed by atoms with van der Waals surface area (Å²) in [6.45, 7) is 1.67. The average Bonchev–Trinajstić information content (AvgIpc) is 2.56. The smallest absolute Gasteiger partial charge is 0.265 e. The summed E-state index contributed by atoms with van der Waals surface area (Å²) in [4.78, 5) is 24.4. The fourth-order valence-corrected chi connectivity index (χ4v) is 2.86. The summed E-state index contributed by atoms with van der Waals surface area (Å²) >= 11 is 1.31. The topological polar surface area (TPSA) is 67.4 Å². The van der Waals surface area contributed by atoms with Gasteiger partial charge in [0, 0.05) is 10.6 Å². The van der Waals surface area contributed by atoms with E-state index in [0.29, 0.717) is 17.1 Å². The van der Waals surface area contributed by atoms with Gasteiger partial charge in [-0.2, -0.15) is 0 Å². The van der Waals surface area contributed by atoms with Crippen LogP contribution in [0.3, 0.4) is 0 Å². The number of carbonyl (C=O) groups is 2. The number of rotatable bonds is 4. The number of benzene rings is 2. The molecule has 0 unspecified atom stereocenters. The second-order valence-electron chi connectivity index (χ2n) is 5.25. The van der Waals surface area contributed by atoms with E-state index in [1.807, 2.05) is 0 Å². The van der Waals surface area contributed by atoms with Gasteiger partial charge in [-0.15, -0.1) is 11.8 Å². The zero-order valence-corrected chi connectivity index (χ0v) is 13.7. The van der Waals surface area contributed by atoms with Crippen molar-refractivity contribution in [1.29, 1.82) is 0 Å². The van der Waals surface area contributed by atoms with Gasteiger partial charge in [0.05, 0.1) is 11.4 Å². The Bertz CT molecular complexity index is 780. The van der Waals surface area contributed by atoms with E-state index in [0.717, 1.165) is 4.90 Å². The van der Waals surface area contributed by atoms with Crippen LogP contribution >= 0.6 is 11.8 Å². The molecule has 0 radical (unpaired) electrons. The van der Waals surface area contributed by atoms with Crippen LogP contribution < -0.4 is 15.4 Å². The van der Waals surface area contributed by atoms with Crippen LogP contribution in [-0.4, -0.2) is 23.7 Å². The summed E-state index contributed by atoms with van der Waals surface area (Å²) in [6, 6.07) is 11.0. The monoisotopic (exact) mass is 346 g/mol. The van der Waals surface area contributed by atoms with E-state index >= 15 is 0 Å². The molecule has 0 saturated heterocycles. The first-order valence-corrected chi connectivity index (χ1v) is 8.29. The first-order chi connectivity index (χ1) is 11.5. The highest BCUT2D eigenvalue weighted by Gasteiger charge is 2.23. The van der Waals surface area contributed by atoms with Gasteiger partial charge in [0.15, 0.2) is 6.10 Å². The number of thioether (sulfide) groups is 1. The van der Waals surface area contributed by atoms with Gasteiger partial charge in [0.2, 0.25) is 5.91 Å². The number of ether oxygens (including phenoxy) is 1. The van der Waals surface area contributed by atoms with Crippen molar-refractivity contribution in [2.75, 3.05) is 16.4 Å². The highest BCUT2D eigenvalue weighted by molar-refractivity contribution is 8.00. The summed E-state index contributed by atoms with van der Waals surface area (Å²) < 4.78 is 18.3. The first-order valence-electron chi connectivity index (χ1n) is 7.31. The molecule has 1 aliphatic rings. The molecular weight excluding hydrogens is 331 g/mol. The molecule has 24 heavy (non-hydrogen) atoms. The summed E-state index contributed by atoms with van der Waals surface area (Å²) in [5.41, 5.74) is 1.10. The molecule has 5 nitrogen and oxygen atoms in total. The zero-order valence-electron chi connectivity index (χ0n) is 12.8. The quantitative estimate of drug-likeness (QED) is 0.834. The maximum absolute atomic E-state index is 12.8. The highest BCUT2D eigenvalue weighted by atomic mass is 32.2. The molecule has 0 bridgehead atoms. The SMILES string of the molecule is C[C@@H]1Oc2ccc(NC(=O)CSc3ccc(F)cc3)cc2NC1=O. The zero-order chi connectivity index (χ0) is 17.1. The molecule has 0 saturated carbocycles. The lowest BCUT2D eigenvalue weighted by Crippen LogP contribution is -2.34. The second kappa shape index (κ2) is 6.92. The van der Waals surface area contributed by atoms with Crippen molar-refractivity contribution in [3.05, 3.63) is 48.3 Å². The fraction of sp³-hybridized carbons (Fsp3) is 0.176. The van der Waals surface area contributed by atoms with Gasteiger partial charge in [0.25, 0.3) is 5.91 Å². The molecule has 3 rings (SSSR count). The van der Waals surface area contributed by atoms with E-state index in [-0.39, 0.29) is 23.4 Å². The molecule has 7 heteroatoms. The number of carbonyl (C=O) groups excluding carboxylic acids is 2. The standard InChI is InChI=1S/C17H15FN2O3S/c1-10-17(22)20-14-8-12(4-7-15(14)23-10)19-16(21)9-24-13-5-2-11(18)3-6-13/h2-8,10H,9H2,1H3,(H,19,21)(H,20,22)/t10-/m0/s1. The maximum atomic E-state index is 12.8. The van der Waals surface area contributed by atoms with Gasteiger partial charge in [-0.3, -0.25) is 9.59 Å². The minimum atomic E-state index is -0.537. The van der Waals surface area contributed by atoms with E-state index in [4.69, 9.17) is 4.74 Å². The largest absolute Gasteiger partial charge is 0.479 e. The van der Waals surface area contributed by atoms with E-state index in [1.165, 1.54) is 23.9 Å². The third-order valence-corrected chi connectivity index (χ3v) is 4.39. The van der Waals surface area contributed by atoms with Crippen LogP contribution in [-0.2, 0) is 9.59 Å². The molecule has 0 aromatic heterocycles. The molecule has 1 heterocycles. The van der Waals surface area contributed by atoms with Crippen molar-refractivity contribution in [3.8, 4) is 5.75 Å². The van der Waals surface area contributed by atoms with Crippen LogP contribution in [0.1, 0.15) is 6.92 Å². The Hall–Kier alpha value is -2.54. The molecule has 0 fully saturated rings. The van der Waals surface area contributed by atoms with Crippen LogP contribution in [0, 0.1) is 5.82 Å². The minimum Gasteiger partial charge on any atom is -0.479 e. The third-order valence-electron chi connectivity index (χ3n) is 3.38. The second-order valence-corrected chi connectivity index (χ2v) is 6.30. The molecular formula is C17H15FN2O3S. The number of anilines is 2. The molecule has 0 aliphatic carbocycles. The van der Waals surface area contributed by atoms with Crippen molar-refractivity contribution in [2.45, 2.75) is 17.9 Å².